The van der Waals surface area contributed by atoms with Gasteiger partial charge in [-0.3, -0.25) is 14.6 Å². The highest BCUT2D eigenvalue weighted by Crippen LogP contribution is 2.31. The van der Waals surface area contributed by atoms with Crippen LogP contribution in [0.5, 0.6) is 0 Å². The summed E-state index contributed by atoms with van der Waals surface area (Å²) in [4.78, 5) is 28.8. The molecule has 1 fully saturated rings. The van der Waals surface area contributed by atoms with E-state index in [4.69, 9.17) is 0 Å². The number of hydrogen-bond donors (Lipinski definition) is 1. The zero-order valence-electron chi connectivity index (χ0n) is 14.5. The molecule has 1 N–H and O–H groups in total. The van der Waals surface area contributed by atoms with E-state index in [1.165, 1.54) is 24.1 Å². The molecule has 0 aromatic carbocycles. The Bertz CT molecular complexity index is 850. The molecule has 2 aliphatic rings. The molecule has 0 radical (unpaired) electrons. The number of aromatic nitrogens is 2. The summed E-state index contributed by atoms with van der Waals surface area (Å²) in [7, 11) is 0. The monoisotopic (exact) mass is 337 g/mol. The Morgan fingerprint density at radius 2 is 2.08 bits per heavy atom. The third kappa shape index (κ3) is 3.50. The van der Waals surface area contributed by atoms with E-state index in [9.17, 15) is 9.59 Å². The lowest BCUT2D eigenvalue weighted by atomic mass is 9.91. The molecule has 2 heterocycles. The first-order valence-electron chi connectivity index (χ1n) is 9.05. The van der Waals surface area contributed by atoms with Crippen molar-refractivity contribution in [2.24, 2.45) is 5.92 Å². The van der Waals surface area contributed by atoms with Gasteiger partial charge in [-0.2, -0.15) is 0 Å². The number of nitrogens with one attached hydrogen (secondary N) is 1. The van der Waals surface area contributed by atoms with Gasteiger partial charge in [-0.15, -0.1) is 0 Å². The van der Waals surface area contributed by atoms with Crippen molar-refractivity contribution in [3.8, 4) is 0 Å². The highest BCUT2D eigenvalue weighted by molar-refractivity contribution is 5.94. The second-order valence-electron chi connectivity index (χ2n) is 7.30. The van der Waals surface area contributed by atoms with E-state index in [0.29, 0.717) is 11.5 Å². The molecular formula is C20H23N3O2. The first kappa shape index (κ1) is 16.1. The summed E-state index contributed by atoms with van der Waals surface area (Å²) in [6.45, 7) is 2.76. The third-order valence-corrected chi connectivity index (χ3v) is 5.23. The molecule has 2 aromatic heterocycles. The number of hydrogen-bond acceptors (Lipinski definition) is 3. The SMILES string of the molecule is Cc1ccc(C(=O)NC2CCc3c(ccc(=O)n3CC3CC3)C2)cn1. The van der Waals surface area contributed by atoms with Crippen LogP contribution in [0, 0.1) is 12.8 Å². The Kier molecular flexibility index (Phi) is 4.15. The number of nitrogens with zero attached hydrogens (tertiary/aromatic N) is 2. The van der Waals surface area contributed by atoms with E-state index in [1.54, 1.807) is 12.3 Å². The van der Waals surface area contributed by atoms with Crippen LogP contribution in [0.4, 0.5) is 0 Å². The summed E-state index contributed by atoms with van der Waals surface area (Å²) in [5.41, 5.74) is 3.96. The lowest BCUT2D eigenvalue weighted by Crippen LogP contribution is -2.40. The average Bonchev–Trinajstić information content (AvgIpc) is 3.42. The molecule has 1 amide bonds. The van der Waals surface area contributed by atoms with Crippen LogP contribution in [-0.2, 0) is 19.4 Å². The molecule has 1 atom stereocenters. The van der Waals surface area contributed by atoms with E-state index in [-0.39, 0.29) is 17.5 Å². The third-order valence-electron chi connectivity index (χ3n) is 5.23. The Morgan fingerprint density at radius 1 is 1.24 bits per heavy atom. The number of carbonyl (C=O) groups excluding carboxylic acids is 1. The van der Waals surface area contributed by atoms with Gasteiger partial charge in [-0.05, 0) is 62.6 Å². The van der Waals surface area contributed by atoms with E-state index in [0.717, 1.165) is 31.5 Å². The molecule has 5 nitrogen and oxygen atoms in total. The first-order valence-corrected chi connectivity index (χ1v) is 9.05. The largest absolute Gasteiger partial charge is 0.349 e. The molecule has 1 saturated carbocycles. The summed E-state index contributed by atoms with van der Waals surface area (Å²) in [5, 5.41) is 3.12. The van der Waals surface area contributed by atoms with Gasteiger partial charge in [-0.1, -0.05) is 6.07 Å². The van der Waals surface area contributed by atoms with E-state index in [1.807, 2.05) is 29.7 Å². The number of rotatable bonds is 4. The number of amides is 1. The predicted octanol–water partition coefficient (Wildman–Crippen LogP) is 2.25. The molecule has 0 bridgehead atoms. The smallest absolute Gasteiger partial charge is 0.253 e. The first-order chi connectivity index (χ1) is 12.1. The summed E-state index contributed by atoms with van der Waals surface area (Å²) in [5.74, 6) is 0.600. The summed E-state index contributed by atoms with van der Waals surface area (Å²) in [6, 6.07) is 7.37. The molecule has 130 valence electrons. The van der Waals surface area contributed by atoms with E-state index in [2.05, 4.69) is 10.3 Å². The predicted molar refractivity (Wildman–Crippen MR) is 95.7 cm³/mol. The maximum atomic E-state index is 12.4. The van der Waals surface area contributed by atoms with Crippen LogP contribution in [0.2, 0.25) is 0 Å². The minimum Gasteiger partial charge on any atom is -0.349 e. The summed E-state index contributed by atoms with van der Waals surface area (Å²) in [6.07, 6.45) is 6.58. The van der Waals surface area contributed by atoms with Crippen molar-refractivity contribution in [2.45, 2.75) is 51.6 Å². The zero-order chi connectivity index (χ0) is 17.4. The van der Waals surface area contributed by atoms with Crippen molar-refractivity contribution in [1.29, 1.82) is 0 Å². The second-order valence-corrected chi connectivity index (χ2v) is 7.30. The van der Waals surface area contributed by atoms with Crippen LogP contribution < -0.4 is 10.9 Å². The van der Waals surface area contributed by atoms with Crippen LogP contribution in [0.25, 0.3) is 0 Å². The topological polar surface area (TPSA) is 64.0 Å². The van der Waals surface area contributed by atoms with Crippen molar-refractivity contribution in [3.63, 3.8) is 0 Å². The maximum Gasteiger partial charge on any atom is 0.253 e. The fraction of sp³-hybridized carbons (Fsp3) is 0.450. The van der Waals surface area contributed by atoms with Gasteiger partial charge >= 0.3 is 0 Å². The normalized spacial score (nSPS) is 19.3. The molecule has 0 spiro atoms. The Labute approximate surface area is 147 Å². The van der Waals surface area contributed by atoms with Gasteiger partial charge in [0.1, 0.15) is 0 Å². The molecule has 5 heteroatoms. The van der Waals surface area contributed by atoms with Gasteiger partial charge in [0.15, 0.2) is 0 Å². The Hall–Kier alpha value is -2.43. The van der Waals surface area contributed by atoms with E-state index >= 15 is 0 Å². The number of aryl methyl sites for hydroxylation is 1. The molecule has 25 heavy (non-hydrogen) atoms. The van der Waals surface area contributed by atoms with Gasteiger partial charge in [0.05, 0.1) is 5.56 Å². The molecule has 1 unspecified atom stereocenters. The van der Waals surface area contributed by atoms with Crippen LogP contribution in [0.3, 0.4) is 0 Å². The number of pyridine rings is 2. The fourth-order valence-corrected chi connectivity index (χ4v) is 3.58. The Balaban J connectivity index is 1.48. The Morgan fingerprint density at radius 3 is 2.80 bits per heavy atom. The molecule has 0 aliphatic heterocycles. The van der Waals surface area contributed by atoms with Crippen molar-refractivity contribution < 1.29 is 4.79 Å². The minimum absolute atomic E-state index is 0.0766. The van der Waals surface area contributed by atoms with E-state index < -0.39 is 0 Å². The summed E-state index contributed by atoms with van der Waals surface area (Å²) >= 11 is 0. The van der Waals surface area contributed by atoms with Gasteiger partial charge in [-0.25, -0.2) is 0 Å². The molecule has 4 rings (SSSR count). The van der Waals surface area contributed by atoms with Crippen molar-refractivity contribution in [3.05, 3.63) is 63.3 Å². The van der Waals surface area contributed by atoms with Crippen LogP contribution in [-0.4, -0.2) is 21.5 Å². The van der Waals surface area contributed by atoms with Crippen LogP contribution >= 0.6 is 0 Å². The molecule has 2 aliphatic carbocycles. The number of fused-ring (bicyclic) bond motifs is 1. The molecule has 2 aromatic rings. The molecule has 0 saturated heterocycles. The standard InChI is InChI=1S/C20H23N3O2/c1-13-2-5-16(11-21-13)20(25)22-17-7-8-18-15(10-17)6-9-19(24)23(18)12-14-3-4-14/h2,5-6,9,11,14,17H,3-4,7-8,10,12H2,1H3,(H,22,25). The minimum atomic E-state index is -0.0766. The van der Waals surface area contributed by atoms with Crippen LogP contribution in [0.1, 0.15) is 46.6 Å². The highest BCUT2D eigenvalue weighted by Gasteiger charge is 2.27. The number of carbonyl (C=O) groups is 1. The van der Waals surface area contributed by atoms with Gasteiger partial charge in [0.2, 0.25) is 0 Å². The lowest BCUT2D eigenvalue weighted by molar-refractivity contribution is 0.0933. The van der Waals surface area contributed by atoms with Crippen molar-refractivity contribution in [1.82, 2.24) is 14.9 Å². The van der Waals surface area contributed by atoms with Crippen LogP contribution in [0.15, 0.2) is 35.3 Å². The highest BCUT2D eigenvalue weighted by atomic mass is 16.1. The van der Waals surface area contributed by atoms with Crippen molar-refractivity contribution >= 4 is 5.91 Å². The average molecular weight is 337 g/mol. The maximum absolute atomic E-state index is 12.4. The fourth-order valence-electron chi connectivity index (χ4n) is 3.58. The van der Waals surface area contributed by atoms with Gasteiger partial charge in [0, 0.05) is 36.2 Å². The van der Waals surface area contributed by atoms with Gasteiger partial charge < -0.3 is 9.88 Å². The summed E-state index contributed by atoms with van der Waals surface area (Å²) < 4.78 is 1.97. The quantitative estimate of drug-likeness (QED) is 0.931. The second kappa shape index (κ2) is 6.47. The van der Waals surface area contributed by atoms with Gasteiger partial charge in [0.25, 0.3) is 11.5 Å². The van der Waals surface area contributed by atoms with Crippen molar-refractivity contribution in [2.75, 3.05) is 0 Å². The zero-order valence-corrected chi connectivity index (χ0v) is 14.5. The molecular weight excluding hydrogens is 314 g/mol. The lowest BCUT2D eigenvalue weighted by Gasteiger charge is -2.27.